The van der Waals surface area contributed by atoms with Crippen molar-refractivity contribution in [1.29, 1.82) is 0 Å². The van der Waals surface area contributed by atoms with Crippen molar-refractivity contribution in [2.24, 2.45) is 0 Å². The molecule has 86 valence electrons. The molecule has 0 aromatic heterocycles. The van der Waals surface area contributed by atoms with Crippen molar-refractivity contribution in [1.82, 2.24) is 0 Å². The largest absolute Gasteiger partial charge is 0.388 e. The van der Waals surface area contributed by atoms with E-state index in [1.807, 2.05) is 32.9 Å². The molecule has 1 atom stereocenters. The lowest BCUT2D eigenvalue weighted by atomic mass is 10.0. The number of Topliss-reactive ketones (excluding diaryl/α,β-unsaturated/α-hetero) is 1. The van der Waals surface area contributed by atoms with Crippen LogP contribution in [0.4, 0.5) is 0 Å². The van der Waals surface area contributed by atoms with E-state index in [0.717, 1.165) is 12.0 Å². The maximum atomic E-state index is 10.7. The number of carbonyl (C=O) groups is 1. The van der Waals surface area contributed by atoms with Gasteiger partial charge in [-0.1, -0.05) is 17.7 Å². The summed E-state index contributed by atoms with van der Waals surface area (Å²) in [6.45, 7) is 7.52. The van der Waals surface area contributed by atoms with Gasteiger partial charge in [-0.05, 0) is 46.1 Å². The fraction of sp³-hybridized carbons (Fsp3) is 0.615. The Morgan fingerprint density at radius 2 is 1.80 bits per heavy atom. The van der Waals surface area contributed by atoms with Crippen molar-refractivity contribution in [2.45, 2.75) is 53.1 Å². The predicted octanol–water partition coefficient (Wildman–Crippen LogP) is 3.02. The Labute approximate surface area is 92.7 Å². The first-order valence-corrected chi connectivity index (χ1v) is 5.41. The van der Waals surface area contributed by atoms with Crippen LogP contribution in [0.1, 0.15) is 47.0 Å². The summed E-state index contributed by atoms with van der Waals surface area (Å²) < 4.78 is 0. The van der Waals surface area contributed by atoms with Gasteiger partial charge in [0.25, 0.3) is 0 Å². The molecule has 0 saturated heterocycles. The van der Waals surface area contributed by atoms with Crippen molar-refractivity contribution in [3.05, 3.63) is 23.3 Å². The molecule has 15 heavy (non-hydrogen) atoms. The first kappa shape index (κ1) is 14.1. The van der Waals surface area contributed by atoms with Crippen LogP contribution in [0.15, 0.2) is 23.3 Å². The molecule has 0 radical (unpaired) electrons. The van der Waals surface area contributed by atoms with Gasteiger partial charge in [0, 0.05) is 6.42 Å². The zero-order chi connectivity index (χ0) is 11.8. The van der Waals surface area contributed by atoms with Crippen LogP contribution in [0.3, 0.4) is 0 Å². The van der Waals surface area contributed by atoms with E-state index in [0.29, 0.717) is 12.8 Å². The van der Waals surface area contributed by atoms with E-state index in [1.54, 1.807) is 6.92 Å². The Bertz CT molecular complexity index is 258. The van der Waals surface area contributed by atoms with E-state index in [-0.39, 0.29) is 5.78 Å². The summed E-state index contributed by atoms with van der Waals surface area (Å²) in [5.41, 5.74) is 2.17. The summed E-state index contributed by atoms with van der Waals surface area (Å²) in [4.78, 5) is 10.7. The Hall–Kier alpha value is -0.890. The van der Waals surface area contributed by atoms with Gasteiger partial charge in [-0.15, -0.1) is 0 Å². The Kier molecular flexibility index (Phi) is 6.97. The molecule has 0 fully saturated rings. The Morgan fingerprint density at radius 1 is 1.20 bits per heavy atom. The van der Waals surface area contributed by atoms with Crippen LogP contribution in [0, 0.1) is 0 Å². The highest BCUT2D eigenvalue weighted by Crippen LogP contribution is 2.09. The summed E-state index contributed by atoms with van der Waals surface area (Å²) in [5.74, 6) is 0.192. The third kappa shape index (κ3) is 8.13. The minimum absolute atomic E-state index is 0.192. The van der Waals surface area contributed by atoms with Crippen molar-refractivity contribution in [3.63, 3.8) is 0 Å². The van der Waals surface area contributed by atoms with Crippen molar-refractivity contribution in [3.8, 4) is 0 Å². The lowest BCUT2D eigenvalue weighted by molar-refractivity contribution is -0.116. The number of aliphatic hydroxyl groups is 1. The van der Waals surface area contributed by atoms with Gasteiger partial charge in [-0.3, -0.25) is 0 Å². The maximum absolute atomic E-state index is 10.7. The molecule has 0 aliphatic rings. The molecule has 0 aromatic carbocycles. The molecule has 0 aliphatic carbocycles. The number of rotatable bonds is 6. The fourth-order valence-electron chi connectivity index (χ4n) is 1.17. The molecule has 0 aliphatic heterocycles. The molecule has 0 aromatic rings. The van der Waals surface area contributed by atoms with Gasteiger partial charge in [-0.2, -0.15) is 0 Å². The van der Waals surface area contributed by atoms with Gasteiger partial charge in [0.15, 0.2) is 0 Å². The molecular weight excluding hydrogens is 188 g/mol. The molecule has 0 bridgehead atoms. The highest BCUT2D eigenvalue weighted by molar-refractivity contribution is 5.75. The quantitative estimate of drug-likeness (QED) is 0.684. The zero-order valence-electron chi connectivity index (χ0n) is 10.2. The minimum atomic E-state index is -0.410. The summed E-state index contributed by atoms with van der Waals surface area (Å²) in [5, 5.41) is 9.73. The second-order valence-electron chi connectivity index (χ2n) is 4.22. The average Bonchev–Trinajstić information content (AvgIpc) is 2.13. The standard InChI is InChI=1S/C13H22O2/c1-10(2)8-9-13(15)11(3)6-5-7-12(4)14/h6,8,13,15H,5,7,9H2,1-4H3. The number of carbonyl (C=O) groups excluding carboxylic acids is 1. The minimum Gasteiger partial charge on any atom is -0.388 e. The van der Waals surface area contributed by atoms with Crippen LogP contribution in [0.2, 0.25) is 0 Å². The van der Waals surface area contributed by atoms with Crippen LogP contribution in [-0.2, 0) is 4.79 Å². The topological polar surface area (TPSA) is 37.3 Å². The predicted molar refractivity (Wildman–Crippen MR) is 63.7 cm³/mol. The van der Waals surface area contributed by atoms with Gasteiger partial charge < -0.3 is 9.90 Å². The van der Waals surface area contributed by atoms with E-state index in [4.69, 9.17) is 0 Å². The van der Waals surface area contributed by atoms with E-state index in [1.165, 1.54) is 5.57 Å². The van der Waals surface area contributed by atoms with Crippen LogP contribution in [0.5, 0.6) is 0 Å². The first-order chi connectivity index (χ1) is 6.93. The molecule has 2 nitrogen and oxygen atoms in total. The molecule has 1 unspecified atom stereocenters. The number of aliphatic hydroxyl groups excluding tert-OH is 1. The number of allylic oxidation sites excluding steroid dienone is 2. The molecular formula is C13H22O2. The normalized spacial score (nSPS) is 13.5. The monoisotopic (exact) mass is 210 g/mol. The fourth-order valence-corrected chi connectivity index (χ4v) is 1.17. The van der Waals surface area contributed by atoms with E-state index < -0.39 is 6.10 Å². The van der Waals surface area contributed by atoms with Gasteiger partial charge in [0.2, 0.25) is 0 Å². The molecule has 1 N–H and O–H groups in total. The van der Waals surface area contributed by atoms with Gasteiger partial charge >= 0.3 is 0 Å². The van der Waals surface area contributed by atoms with Gasteiger partial charge in [-0.25, -0.2) is 0 Å². The average molecular weight is 210 g/mol. The molecule has 0 saturated carbocycles. The van der Waals surface area contributed by atoms with Crippen LogP contribution in [0.25, 0.3) is 0 Å². The van der Waals surface area contributed by atoms with Crippen LogP contribution >= 0.6 is 0 Å². The highest BCUT2D eigenvalue weighted by atomic mass is 16.3. The number of hydrogen-bond donors (Lipinski definition) is 1. The third-order valence-corrected chi connectivity index (χ3v) is 2.24. The summed E-state index contributed by atoms with van der Waals surface area (Å²) in [6.07, 6.45) is 5.51. The van der Waals surface area contributed by atoms with Crippen molar-refractivity contribution in [2.75, 3.05) is 0 Å². The second-order valence-corrected chi connectivity index (χ2v) is 4.22. The maximum Gasteiger partial charge on any atom is 0.130 e. The summed E-state index contributed by atoms with van der Waals surface area (Å²) in [6, 6.07) is 0. The molecule has 0 rings (SSSR count). The molecule has 2 heteroatoms. The van der Waals surface area contributed by atoms with E-state index in [2.05, 4.69) is 0 Å². The Balaban J connectivity index is 4.01. The van der Waals surface area contributed by atoms with Gasteiger partial charge in [0.1, 0.15) is 5.78 Å². The SMILES string of the molecule is CC(=O)CCC=C(C)C(O)CC=C(C)C. The third-order valence-electron chi connectivity index (χ3n) is 2.24. The molecule has 0 amide bonds. The van der Waals surface area contributed by atoms with E-state index >= 15 is 0 Å². The second kappa shape index (κ2) is 7.41. The lowest BCUT2D eigenvalue weighted by Gasteiger charge is -2.08. The highest BCUT2D eigenvalue weighted by Gasteiger charge is 2.03. The number of hydrogen-bond acceptors (Lipinski definition) is 2. The lowest BCUT2D eigenvalue weighted by Crippen LogP contribution is -2.06. The first-order valence-electron chi connectivity index (χ1n) is 5.41. The van der Waals surface area contributed by atoms with Crippen LogP contribution in [-0.4, -0.2) is 17.0 Å². The summed E-state index contributed by atoms with van der Waals surface area (Å²) in [7, 11) is 0. The number of ketones is 1. The molecule has 0 heterocycles. The van der Waals surface area contributed by atoms with E-state index in [9.17, 15) is 9.90 Å². The van der Waals surface area contributed by atoms with Crippen molar-refractivity contribution < 1.29 is 9.90 Å². The smallest absolute Gasteiger partial charge is 0.130 e. The van der Waals surface area contributed by atoms with Crippen molar-refractivity contribution >= 4 is 5.78 Å². The van der Waals surface area contributed by atoms with Crippen LogP contribution < -0.4 is 0 Å². The molecule has 0 spiro atoms. The Morgan fingerprint density at radius 3 is 2.27 bits per heavy atom. The van der Waals surface area contributed by atoms with Gasteiger partial charge in [0.05, 0.1) is 6.10 Å². The zero-order valence-corrected chi connectivity index (χ0v) is 10.2. The summed E-state index contributed by atoms with van der Waals surface area (Å²) >= 11 is 0.